The highest BCUT2D eigenvalue weighted by molar-refractivity contribution is 5.93. The fourth-order valence-electron chi connectivity index (χ4n) is 3.26. The van der Waals surface area contributed by atoms with E-state index in [-0.39, 0.29) is 6.03 Å². The Kier molecular flexibility index (Phi) is 3.95. The number of anilines is 1. The van der Waals surface area contributed by atoms with Crippen LogP contribution in [0.15, 0.2) is 24.3 Å². The van der Waals surface area contributed by atoms with E-state index in [4.69, 9.17) is 0 Å². The van der Waals surface area contributed by atoms with Crippen molar-refractivity contribution in [1.29, 1.82) is 0 Å². The van der Waals surface area contributed by atoms with Crippen LogP contribution in [0.2, 0.25) is 0 Å². The Morgan fingerprint density at radius 2 is 1.85 bits per heavy atom. The van der Waals surface area contributed by atoms with Gasteiger partial charge in [-0.1, -0.05) is 25.1 Å². The second-order valence-electron chi connectivity index (χ2n) is 6.19. The van der Waals surface area contributed by atoms with Crippen LogP contribution < -0.4 is 4.90 Å². The number of urea groups is 1. The molecule has 0 atom stereocenters. The summed E-state index contributed by atoms with van der Waals surface area (Å²) in [7, 11) is 0. The Bertz CT molecular complexity index is 478. The van der Waals surface area contributed by atoms with Gasteiger partial charge in [-0.15, -0.1) is 0 Å². The van der Waals surface area contributed by atoms with E-state index in [0.29, 0.717) is 0 Å². The fourth-order valence-corrected chi connectivity index (χ4v) is 3.26. The number of likely N-dealkylation sites (tertiary alicyclic amines) is 1. The first kappa shape index (κ1) is 13.5. The number of nitrogens with zero attached hydrogens (tertiary/aromatic N) is 2. The molecule has 1 fully saturated rings. The maximum absolute atomic E-state index is 12.8. The molecule has 2 aliphatic rings. The Morgan fingerprint density at radius 1 is 1.10 bits per heavy atom. The Balaban J connectivity index is 1.80. The van der Waals surface area contributed by atoms with E-state index in [9.17, 15) is 4.79 Å². The number of hydrogen-bond acceptors (Lipinski definition) is 1. The predicted molar refractivity (Wildman–Crippen MR) is 82.1 cm³/mol. The number of aryl methyl sites for hydroxylation is 1. The molecule has 20 heavy (non-hydrogen) atoms. The summed E-state index contributed by atoms with van der Waals surface area (Å²) in [5.41, 5.74) is 2.46. The number of hydrogen-bond donors (Lipinski definition) is 0. The number of para-hydroxylation sites is 1. The van der Waals surface area contributed by atoms with Gasteiger partial charge in [0, 0.05) is 25.3 Å². The third-order valence-electron chi connectivity index (χ3n) is 4.65. The van der Waals surface area contributed by atoms with E-state index >= 15 is 0 Å². The largest absolute Gasteiger partial charge is 0.324 e. The standard InChI is InChI=1S/C17H24N2O/c1-14-9-12-18(13-10-14)17(20)19-11-5-4-7-15-6-2-3-8-16(15)19/h2-3,6,8,14H,4-5,7,9-13H2,1H3. The van der Waals surface area contributed by atoms with Gasteiger partial charge in [-0.05, 0) is 49.7 Å². The van der Waals surface area contributed by atoms with E-state index < -0.39 is 0 Å². The molecule has 0 radical (unpaired) electrons. The van der Waals surface area contributed by atoms with Gasteiger partial charge in [0.25, 0.3) is 0 Å². The zero-order valence-corrected chi connectivity index (χ0v) is 12.3. The van der Waals surface area contributed by atoms with Crippen molar-refractivity contribution >= 4 is 11.7 Å². The molecule has 0 aliphatic carbocycles. The molecule has 2 aliphatic heterocycles. The molecular formula is C17H24N2O. The molecule has 3 nitrogen and oxygen atoms in total. The first-order chi connectivity index (χ1) is 9.75. The Hall–Kier alpha value is -1.51. The lowest BCUT2D eigenvalue weighted by Crippen LogP contribution is -2.47. The van der Waals surface area contributed by atoms with Crippen LogP contribution in [-0.2, 0) is 6.42 Å². The Morgan fingerprint density at radius 3 is 2.65 bits per heavy atom. The molecule has 108 valence electrons. The van der Waals surface area contributed by atoms with Crippen molar-refractivity contribution in [2.24, 2.45) is 5.92 Å². The van der Waals surface area contributed by atoms with E-state index in [0.717, 1.165) is 56.9 Å². The second-order valence-corrected chi connectivity index (χ2v) is 6.19. The van der Waals surface area contributed by atoms with Crippen LogP contribution in [0, 0.1) is 5.92 Å². The third kappa shape index (κ3) is 2.67. The van der Waals surface area contributed by atoms with Gasteiger partial charge in [0.1, 0.15) is 0 Å². The molecule has 2 heterocycles. The average Bonchev–Trinajstić information content (AvgIpc) is 2.69. The molecule has 3 heteroatoms. The number of carbonyl (C=O) groups is 1. The molecule has 1 saturated heterocycles. The van der Waals surface area contributed by atoms with Crippen LogP contribution >= 0.6 is 0 Å². The summed E-state index contributed by atoms with van der Waals surface area (Å²) in [6, 6.07) is 8.61. The van der Waals surface area contributed by atoms with Crippen LogP contribution in [0.3, 0.4) is 0 Å². The van der Waals surface area contributed by atoms with Crippen LogP contribution in [0.5, 0.6) is 0 Å². The van der Waals surface area contributed by atoms with Gasteiger partial charge in [-0.2, -0.15) is 0 Å². The minimum atomic E-state index is 0.214. The lowest BCUT2D eigenvalue weighted by Gasteiger charge is -2.35. The van der Waals surface area contributed by atoms with Crippen LogP contribution in [0.1, 0.15) is 38.2 Å². The minimum absolute atomic E-state index is 0.214. The van der Waals surface area contributed by atoms with Crippen molar-refractivity contribution in [2.45, 2.75) is 39.0 Å². The smallest absolute Gasteiger partial charge is 0.324 e. The molecule has 0 bridgehead atoms. The van der Waals surface area contributed by atoms with Crippen molar-refractivity contribution in [1.82, 2.24) is 4.90 Å². The SMILES string of the molecule is CC1CCN(C(=O)N2CCCCc3ccccc32)CC1. The lowest BCUT2D eigenvalue weighted by molar-refractivity contribution is 0.180. The van der Waals surface area contributed by atoms with Gasteiger partial charge in [0.2, 0.25) is 0 Å². The van der Waals surface area contributed by atoms with Crippen molar-refractivity contribution in [3.8, 4) is 0 Å². The average molecular weight is 272 g/mol. The van der Waals surface area contributed by atoms with E-state index in [1.807, 2.05) is 15.9 Å². The number of piperidine rings is 1. The van der Waals surface area contributed by atoms with Crippen LogP contribution in [-0.4, -0.2) is 30.6 Å². The predicted octanol–water partition coefficient (Wildman–Crippen LogP) is 3.68. The Labute approximate surface area is 121 Å². The number of amides is 2. The molecule has 0 aromatic heterocycles. The topological polar surface area (TPSA) is 23.6 Å². The molecule has 1 aromatic carbocycles. The number of carbonyl (C=O) groups excluding carboxylic acids is 1. The highest BCUT2D eigenvalue weighted by Gasteiger charge is 2.27. The summed E-state index contributed by atoms with van der Waals surface area (Å²) in [5.74, 6) is 0.760. The summed E-state index contributed by atoms with van der Waals surface area (Å²) in [6.07, 6.45) is 5.65. The number of fused-ring (bicyclic) bond motifs is 1. The molecule has 1 aromatic rings. The number of rotatable bonds is 0. The van der Waals surface area contributed by atoms with Gasteiger partial charge in [-0.3, -0.25) is 4.90 Å². The van der Waals surface area contributed by atoms with Gasteiger partial charge in [-0.25, -0.2) is 4.79 Å². The first-order valence-electron chi connectivity index (χ1n) is 7.90. The van der Waals surface area contributed by atoms with Crippen LogP contribution in [0.4, 0.5) is 10.5 Å². The first-order valence-corrected chi connectivity index (χ1v) is 7.90. The lowest BCUT2D eigenvalue weighted by atomic mass is 9.99. The van der Waals surface area contributed by atoms with Crippen molar-refractivity contribution < 1.29 is 4.79 Å². The third-order valence-corrected chi connectivity index (χ3v) is 4.65. The van der Waals surface area contributed by atoms with Gasteiger partial charge in [0.15, 0.2) is 0 Å². The molecule has 3 rings (SSSR count). The molecule has 0 N–H and O–H groups in total. The summed E-state index contributed by atoms with van der Waals surface area (Å²) in [6.45, 7) is 4.97. The molecule has 0 saturated carbocycles. The second kappa shape index (κ2) is 5.86. The highest BCUT2D eigenvalue weighted by atomic mass is 16.2. The highest BCUT2D eigenvalue weighted by Crippen LogP contribution is 2.28. The zero-order chi connectivity index (χ0) is 13.9. The fraction of sp³-hybridized carbons (Fsp3) is 0.588. The van der Waals surface area contributed by atoms with E-state index in [2.05, 4.69) is 25.1 Å². The van der Waals surface area contributed by atoms with Gasteiger partial charge >= 0.3 is 6.03 Å². The number of benzene rings is 1. The molecule has 2 amide bonds. The van der Waals surface area contributed by atoms with Gasteiger partial charge in [0.05, 0.1) is 0 Å². The summed E-state index contributed by atoms with van der Waals surface area (Å²) < 4.78 is 0. The quantitative estimate of drug-likeness (QED) is 0.706. The van der Waals surface area contributed by atoms with Crippen molar-refractivity contribution in [3.63, 3.8) is 0 Å². The zero-order valence-electron chi connectivity index (χ0n) is 12.3. The summed E-state index contributed by atoms with van der Waals surface area (Å²) >= 11 is 0. The molecular weight excluding hydrogens is 248 g/mol. The van der Waals surface area contributed by atoms with E-state index in [1.54, 1.807) is 0 Å². The maximum Gasteiger partial charge on any atom is 0.324 e. The van der Waals surface area contributed by atoms with E-state index in [1.165, 1.54) is 12.0 Å². The van der Waals surface area contributed by atoms with Crippen LogP contribution in [0.25, 0.3) is 0 Å². The van der Waals surface area contributed by atoms with Crippen molar-refractivity contribution in [3.05, 3.63) is 29.8 Å². The monoisotopic (exact) mass is 272 g/mol. The normalized spacial score (nSPS) is 20.4. The summed E-state index contributed by atoms with van der Waals surface area (Å²) in [4.78, 5) is 16.9. The minimum Gasteiger partial charge on any atom is -0.324 e. The molecule has 0 unspecified atom stereocenters. The maximum atomic E-state index is 12.8. The van der Waals surface area contributed by atoms with Crippen molar-refractivity contribution in [2.75, 3.05) is 24.5 Å². The summed E-state index contributed by atoms with van der Waals surface area (Å²) in [5, 5.41) is 0. The molecule has 0 spiro atoms. The van der Waals surface area contributed by atoms with Gasteiger partial charge < -0.3 is 4.90 Å².